The Bertz CT molecular complexity index is 752. The van der Waals surface area contributed by atoms with E-state index < -0.39 is 0 Å². The Balaban J connectivity index is 1.50. The summed E-state index contributed by atoms with van der Waals surface area (Å²) in [5.74, 6) is 0.381. The van der Waals surface area contributed by atoms with Crippen molar-refractivity contribution in [1.82, 2.24) is 10.2 Å². The van der Waals surface area contributed by atoms with Crippen molar-refractivity contribution in [2.45, 2.75) is 26.3 Å². The Hall–Kier alpha value is -2.53. The Morgan fingerprint density at radius 1 is 1.07 bits per heavy atom. The minimum atomic E-state index is 0.0562. The summed E-state index contributed by atoms with van der Waals surface area (Å²) in [7, 11) is 0. The molecule has 1 saturated heterocycles. The highest BCUT2D eigenvalue weighted by Gasteiger charge is 2.21. The summed E-state index contributed by atoms with van der Waals surface area (Å²) in [5, 5.41) is 13.2. The molecule has 0 bridgehead atoms. The third-order valence-electron chi connectivity index (χ3n) is 5.19. The summed E-state index contributed by atoms with van der Waals surface area (Å²) in [6.07, 6.45) is 0.871. The monoisotopic (exact) mass is 367 g/mol. The second kappa shape index (κ2) is 8.91. The van der Waals surface area contributed by atoms with Gasteiger partial charge in [-0.3, -0.25) is 9.69 Å². The first-order chi connectivity index (χ1) is 13.1. The first-order valence-electron chi connectivity index (χ1n) is 9.68. The third-order valence-corrected chi connectivity index (χ3v) is 5.19. The summed E-state index contributed by atoms with van der Waals surface area (Å²) in [6, 6.07) is 15.8. The number of amides is 1. The van der Waals surface area contributed by atoms with Crippen LogP contribution in [0.4, 0.5) is 5.69 Å². The van der Waals surface area contributed by atoms with E-state index in [1.165, 1.54) is 5.56 Å². The standard InChI is InChI=1S/C22H29N3O2/c1-3-19(18-10-8-17(2)9-11-18)23-22(27)16-24-12-14-25(15-13-24)20-6-4-5-7-21(20)26/h4-11,19,26H,3,12-16H2,1-2H3,(H,23,27)/t19-/m0/s1. The van der Waals surface area contributed by atoms with Gasteiger partial charge in [-0.15, -0.1) is 0 Å². The van der Waals surface area contributed by atoms with Crippen LogP contribution in [0.15, 0.2) is 48.5 Å². The van der Waals surface area contributed by atoms with E-state index in [0.717, 1.165) is 43.9 Å². The molecule has 0 saturated carbocycles. The van der Waals surface area contributed by atoms with Crippen molar-refractivity contribution in [2.24, 2.45) is 0 Å². The molecule has 0 aromatic heterocycles. The van der Waals surface area contributed by atoms with Crippen LogP contribution in [0.25, 0.3) is 0 Å². The van der Waals surface area contributed by atoms with E-state index in [1.807, 2.05) is 18.2 Å². The number of phenolic OH excluding ortho intramolecular Hbond substituents is 1. The highest BCUT2D eigenvalue weighted by Crippen LogP contribution is 2.27. The van der Waals surface area contributed by atoms with Crippen LogP contribution in [-0.2, 0) is 4.79 Å². The molecule has 3 rings (SSSR count). The second-order valence-corrected chi connectivity index (χ2v) is 7.19. The van der Waals surface area contributed by atoms with Crippen molar-refractivity contribution in [1.29, 1.82) is 0 Å². The Morgan fingerprint density at radius 2 is 1.74 bits per heavy atom. The molecule has 5 heteroatoms. The van der Waals surface area contributed by atoms with Crippen LogP contribution >= 0.6 is 0 Å². The molecule has 1 amide bonds. The number of rotatable bonds is 6. The number of aromatic hydroxyl groups is 1. The number of aryl methyl sites for hydroxylation is 1. The fourth-order valence-corrected chi connectivity index (χ4v) is 3.54. The molecule has 2 aromatic rings. The lowest BCUT2D eigenvalue weighted by Crippen LogP contribution is -2.49. The van der Waals surface area contributed by atoms with Gasteiger partial charge in [0.15, 0.2) is 0 Å². The molecule has 1 aliphatic rings. The molecule has 144 valence electrons. The van der Waals surface area contributed by atoms with Crippen LogP contribution < -0.4 is 10.2 Å². The Kier molecular flexibility index (Phi) is 6.35. The number of nitrogens with zero attached hydrogens (tertiary/aromatic N) is 2. The van der Waals surface area contributed by atoms with Gasteiger partial charge >= 0.3 is 0 Å². The normalized spacial score (nSPS) is 16.1. The highest BCUT2D eigenvalue weighted by molar-refractivity contribution is 5.78. The lowest BCUT2D eigenvalue weighted by atomic mass is 10.0. The molecule has 1 heterocycles. The number of carbonyl (C=O) groups excluding carboxylic acids is 1. The molecule has 2 N–H and O–H groups in total. The van der Waals surface area contributed by atoms with E-state index in [4.69, 9.17) is 0 Å². The molecule has 1 atom stereocenters. The van der Waals surface area contributed by atoms with Gasteiger partial charge in [0.2, 0.25) is 5.91 Å². The minimum absolute atomic E-state index is 0.0562. The zero-order chi connectivity index (χ0) is 19.2. The maximum absolute atomic E-state index is 12.5. The van der Waals surface area contributed by atoms with Gasteiger partial charge in [-0.25, -0.2) is 0 Å². The predicted octanol–water partition coefficient (Wildman–Crippen LogP) is 3.09. The quantitative estimate of drug-likeness (QED) is 0.824. The number of phenols is 1. The van der Waals surface area contributed by atoms with E-state index in [-0.39, 0.29) is 11.9 Å². The summed E-state index contributed by atoms with van der Waals surface area (Å²) in [6.45, 7) is 7.80. The lowest BCUT2D eigenvalue weighted by molar-refractivity contribution is -0.123. The van der Waals surface area contributed by atoms with E-state index >= 15 is 0 Å². The molecular formula is C22H29N3O2. The van der Waals surface area contributed by atoms with Crippen molar-refractivity contribution in [3.05, 3.63) is 59.7 Å². The molecule has 0 unspecified atom stereocenters. The number of carbonyl (C=O) groups is 1. The molecule has 2 aromatic carbocycles. The zero-order valence-corrected chi connectivity index (χ0v) is 16.2. The summed E-state index contributed by atoms with van der Waals surface area (Å²) < 4.78 is 0. The Labute approximate surface area is 161 Å². The van der Waals surface area contributed by atoms with E-state index in [9.17, 15) is 9.90 Å². The number of benzene rings is 2. The molecule has 27 heavy (non-hydrogen) atoms. The first kappa shape index (κ1) is 19.2. The van der Waals surface area contributed by atoms with Crippen LogP contribution in [0.5, 0.6) is 5.75 Å². The number of anilines is 1. The van der Waals surface area contributed by atoms with Gasteiger partial charge in [0.1, 0.15) is 5.75 Å². The smallest absolute Gasteiger partial charge is 0.234 e. The topological polar surface area (TPSA) is 55.8 Å². The van der Waals surface area contributed by atoms with Crippen molar-refractivity contribution >= 4 is 11.6 Å². The number of piperazine rings is 1. The average Bonchev–Trinajstić information content (AvgIpc) is 2.68. The number of hydrogen-bond acceptors (Lipinski definition) is 4. The summed E-state index contributed by atoms with van der Waals surface area (Å²) in [4.78, 5) is 16.9. The lowest BCUT2D eigenvalue weighted by Gasteiger charge is -2.36. The van der Waals surface area contributed by atoms with Crippen molar-refractivity contribution in [2.75, 3.05) is 37.6 Å². The van der Waals surface area contributed by atoms with Crippen molar-refractivity contribution < 1.29 is 9.90 Å². The van der Waals surface area contributed by atoms with E-state index in [1.54, 1.807) is 6.07 Å². The third kappa shape index (κ3) is 5.01. The van der Waals surface area contributed by atoms with Crippen molar-refractivity contribution in [3.8, 4) is 5.75 Å². The Morgan fingerprint density at radius 3 is 2.37 bits per heavy atom. The van der Waals surface area contributed by atoms with Gasteiger partial charge in [-0.1, -0.05) is 48.9 Å². The van der Waals surface area contributed by atoms with Gasteiger partial charge < -0.3 is 15.3 Å². The van der Waals surface area contributed by atoms with Gasteiger partial charge in [0.05, 0.1) is 18.3 Å². The van der Waals surface area contributed by atoms with Gasteiger partial charge in [0.25, 0.3) is 0 Å². The van der Waals surface area contributed by atoms with Crippen LogP contribution in [0.1, 0.15) is 30.5 Å². The molecule has 1 aliphatic heterocycles. The largest absolute Gasteiger partial charge is 0.506 e. The molecule has 5 nitrogen and oxygen atoms in total. The molecular weight excluding hydrogens is 338 g/mol. The molecule has 1 fully saturated rings. The van der Waals surface area contributed by atoms with Crippen LogP contribution in [0.3, 0.4) is 0 Å². The number of nitrogens with one attached hydrogen (secondary N) is 1. The number of hydrogen-bond donors (Lipinski definition) is 2. The summed E-state index contributed by atoms with van der Waals surface area (Å²) >= 11 is 0. The minimum Gasteiger partial charge on any atom is -0.506 e. The fourth-order valence-electron chi connectivity index (χ4n) is 3.54. The predicted molar refractivity (Wildman–Crippen MR) is 109 cm³/mol. The van der Waals surface area contributed by atoms with Crippen molar-refractivity contribution in [3.63, 3.8) is 0 Å². The molecule has 0 aliphatic carbocycles. The molecule has 0 spiro atoms. The van der Waals surface area contributed by atoms with E-state index in [2.05, 4.69) is 53.2 Å². The average molecular weight is 367 g/mol. The van der Waals surface area contributed by atoms with Gasteiger partial charge in [-0.2, -0.15) is 0 Å². The fraction of sp³-hybridized carbons (Fsp3) is 0.409. The van der Waals surface area contributed by atoms with Gasteiger partial charge in [-0.05, 0) is 31.0 Å². The maximum Gasteiger partial charge on any atom is 0.234 e. The first-order valence-corrected chi connectivity index (χ1v) is 9.68. The van der Waals surface area contributed by atoms with Gasteiger partial charge in [0, 0.05) is 26.2 Å². The SMILES string of the molecule is CC[C@H](NC(=O)CN1CCN(c2ccccc2O)CC1)c1ccc(C)cc1. The maximum atomic E-state index is 12.5. The molecule has 0 radical (unpaired) electrons. The van der Waals surface area contributed by atoms with Crippen LogP contribution in [0.2, 0.25) is 0 Å². The summed E-state index contributed by atoms with van der Waals surface area (Å²) in [5.41, 5.74) is 3.25. The second-order valence-electron chi connectivity index (χ2n) is 7.19. The van der Waals surface area contributed by atoms with Crippen LogP contribution in [0, 0.1) is 6.92 Å². The van der Waals surface area contributed by atoms with Crippen LogP contribution in [-0.4, -0.2) is 48.6 Å². The highest BCUT2D eigenvalue weighted by atomic mass is 16.3. The zero-order valence-electron chi connectivity index (χ0n) is 16.2. The number of para-hydroxylation sites is 2. The van der Waals surface area contributed by atoms with E-state index in [0.29, 0.717) is 12.3 Å².